The van der Waals surface area contributed by atoms with Gasteiger partial charge in [-0.25, -0.2) is 0 Å². The topological polar surface area (TPSA) is 29.5 Å². The largest absolute Gasteiger partial charge is 0.461 e. The van der Waals surface area contributed by atoms with E-state index in [1.54, 1.807) is 0 Å². The van der Waals surface area contributed by atoms with Gasteiger partial charge >= 0.3 is 0 Å². The molecule has 31 heavy (non-hydrogen) atoms. The molecular formula is C27H20BrNO2. The first-order chi connectivity index (χ1) is 15.3. The summed E-state index contributed by atoms with van der Waals surface area (Å²) in [5, 5.41) is 0. The van der Waals surface area contributed by atoms with Crippen LogP contribution in [0.5, 0.6) is 5.75 Å². The normalized spacial score (nSPS) is 15.3. The summed E-state index contributed by atoms with van der Waals surface area (Å²) in [7, 11) is 0. The summed E-state index contributed by atoms with van der Waals surface area (Å²) in [5.41, 5.74) is 3.18. The highest BCUT2D eigenvalue weighted by molar-refractivity contribution is 9.10. The molecule has 5 rings (SSSR count). The van der Waals surface area contributed by atoms with Crippen molar-refractivity contribution in [3.05, 3.63) is 130 Å². The number of aldehydes is 1. The number of halogens is 1. The fourth-order valence-electron chi connectivity index (χ4n) is 4.53. The molecule has 0 radical (unpaired) electrons. The quantitative estimate of drug-likeness (QED) is 0.258. The molecule has 0 aromatic heterocycles. The molecule has 4 aromatic rings. The van der Waals surface area contributed by atoms with Gasteiger partial charge in [-0.15, -0.1) is 0 Å². The molecule has 0 fully saturated rings. The van der Waals surface area contributed by atoms with Crippen LogP contribution in [0.15, 0.2) is 114 Å². The molecule has 0 aliphatic carbocycles. The smallest absolute Gasteiger partial charge is 0.230 e. The minimum absolute atomic E-state index is 0.697. The molecule has 152 valence electrons. The van der Waals surface area contributed by atoms with Crippen molar-refractivity contribution in [2.45, 2.75) is 11.8 Å². The maximum Gasteiger partial charge on any atom is 0.230 e. The number of fused-ring (bicyclic) bond motifs is 1. The highest BCUT2D eigenvalue weighted by Crippen LogP contribution is 2.52. The van der Waals surface area contributed by atoms with Crippen LogP contribution < -0.4 is 9.64 Å². The zero-order valence-electron chi connectivity index (χ0n) is 16.7. The molecule has 4 heteroatoms. The van der Waals surface area contributed by atoms with Crippen LogP contribution in [0.1, 0.15) is 16.7 Å². The van der Waals surface area contributed by atoms with Gasteiger partial charge in [-0.3, -0.25) is 4.79 Å². The van der Waals surface area contributed by atoms with E-state index in [9.17, 15) is 4.79 Å². The molecule has 0 spiro atoms. The summed E-state index contributed by atoms with van der Waals surface area (Å²) < 4.78 is 7.08. The number of para-hydroxylation sites is 2. The van der Waals surface area contributed by atoms with E-state index in [4.69, 9.17) is 4.74 Å². The molecule has 0 bridgehead atoms. The molecule has 1 unspecified atom stereocenters. The molecular weight excluding hydrogens is 450 g/mol. The second-order valence-electron chi connectivity index (χ2n) is 7.40. The van der Waals surface area contributed by atoms with Gasteiger partial charge in [0.15, 0.2) is 6.29 Å². The fraction of sp³-hybridized carbons (Fsp3) is 0.0741. The van der Waals surface area contributed by atoms with Gasteiger partial charge < -0.3 is 9.64 Å². The van der Waals surface area contributed by atoms with Gasteiger partial charge in [0, 0.05) is 10.0 Å². The molecule has 0 N–H and O–H groups in total. The van der Waals surface area contributed by atoms with E-state index >= 15 is 0 Å². The fourth-order valence-corrected chi connectivity index (χ4v) is 5.11. The SMILES string of the molecule is O=CC1Oc2ccccc2N1C(c1ccccc1)(c1ccccc1)c1ccccc1Br. The number of nitrogens with zero attached hydrogens (tertiary/aromatic N) is 1. The summed E-state index contributed by atoms with van der Waals surface area (Å²) in [6.07, 6.45) is 0.0993. The van der Waals surface area contributed by atoms with Crippen LogP contribution in [0, 0.1) is 0 Å². The molecule has 3 nitrogen and oxygen atoms in total. The van der Waals surface area contributed by atoms with Crippen molar-refractivity contribution >= 4 is 27.9 Å². The average Bonchev–Trinajstić information content (AvgIpc) is 3.21. The third-order valence-corrected chi connectivity index (χ3v) is 6.44. The van der Waals surface area contributed by atoms with E-state index < -0.39 is 11.8 Å². The lowest BCUT2D eigenvalue weighted by molar-refractivity contribution is -0.113. The molecule has 1 aliphatic rings. The first kappa shape index (κ1) is 19.6. The Hall–Kier alpha value is -3.37. The van der Waals surface area contributed by atoms with Crippen LogP contribution >= 0.6 is 15.9 Å². The number of hydrogen-bond donors (Lipinski definition) is 0. The Morgan fingerprint density at radius 3 is 1.90 bits per heavy atom. The van der Waals surface area contributed by atoms with Crippen LogP contribution in [-0.2, 0) is 10.3 Å². The van der Waals surface area contributed by atoms with Crippen LogP contribution in [0.25, 0.3) is 0 Å². The Balaban J connectivity index is 1.94. The van der Waals surface area contributed by atoms with Gasteiger partial charge in [0.2, 0.25) is 6.23 Å². The number of hydrogen-bond acceptors (Lipinski definition) is 3. The molecule has 0 saturated heterocycles. The van der Waals surface area contributed by atoms with E-state index in [1.165, 1.54) is 0 Å². The van der Waals surface area contributed by atoms with Gasteiger partial charge in [-0.2, -0.15) is 0 Å². The van der Waals surface area contributed by atoms with Crippen LogP contribution in [0.4, 0.5) is 5.69 Å². The van der Waals surface area contributed by atoms with Crippen molar-refractivity contribution in [2.24, 2.45) is 0 Å². The van der Waals surface area contributed by atoms with E-state index in [0.717, 1.165) is 33.1 Å². The molecule has 1 heterocycles. The number of rotatable bonds is 5. The highest BCUT2D eigenvalue weighted by atomic mass is 79.9. The van der Waals surface area contributed by atoms with Crippen molar-refractivity contribution < 1.29 is 9.53 Å². The van der Waals surface area contributed by atoms with Crippen LogP contribution in [0.3, 0.4) is 0 Å². The zero-order valence-corrected chi connectivity index (χ0v) is 18.3. The first-order valence-electron chi connectivity index (χ1n) is 10.1. The summed E-state index contributed by atoms with van der Waals surface area (Å²) >= 11 is 3.80. The Labute approximate surface area is 190 Å². The van der Waals surface area contributed by atoms with E-state index in [2.05, 4.69) is 51.2 Å². The van der Waals surface area contributed by atoms with Gasteiger partial charge in [0.05, 0.1) is 5.69 Å². The van der Waals surface area contributed by atoms with Crippen LogP contribution in [-0.4, -0.2) is 12.5 Å². The van der Waals surface area contributed by atoms with E-state index in [0.29, 0.717) is 5.75 Å². The maximum absolute atomic E-state index is 12.3. The van der Waals surface area contributed by atoms with Crippen molar-refractivity contribution in [3.8, 4) is 5.75 Å². The lowest BCUT2D eigenvalue weighted by Gasteiger charge is -2.46. The van der Waals surface area contributed by atoms with Gasteiger partial charge in [0.25, 0.3) is 0 Å². The minimum Gasteiger partial charge on any atom is -0.461 e. The Morgan fingerprint density at radius 1 is 0.742 bits per heavy atom. The standard InChI is InChI=1S/C27H20BrNO2/c28-23-16-8-7-15-22(23)27(20-11-3-1-4-12-20,21-13-5-2-6-14-21)29-24-17-9-10-18-25(24)31-26(29)19-30/h1-19,26H. The molecule has 1 atom stereocenters. The number of benzene rings is 4. The minimum atomic E-state index is -0.805. The predicted molar refractivity (Wildman–Crippen MR) is 126 cm³/mol. The molecule has 4 aromatic carbocycles. The molecule has 0 amide bonds. The summed E-state index contributed by atoms with van der Waals surface area (Å²) in [6, 6.07) is 36.5. The second kappa shape index (κ2) is 8.05. The van der Waals surface area contributed by atoms with Crippen molar-refractivity contribution in [2.75, 3.05) is 4.90 Å². The Kier molecular flexibility index (Phi) is 5.08. The third-order valence-electron chi connectivity index (χ3n) is 5.75. The maximum atomic E-state index is 12.3. The van der Waals surface area contributed by atoms with E-state index in [-0.39, 0.29) is 0 Å². The van der Waals surface area contributed by atoms with Crippen molar-refractivity contribution in [3.63, 3.8) is 0 Å². The number of carbonyl (C=O) groups excluding carboxylic acids is 1. The second-order valence-corrected chi connectivity index (χ2v) is 8.26. The molecule has 0 saturated carbocycles. The van der Waals surface area contributed by atoms with Crippen molar-refractivity contribution in [1.29, 1.82) is 0 Å². The predicted octanol–water partition coefficient (Wildman–Crippen LogP) is 6.17. The zero-order chi connectivity index (χ0) is 21.3. The van der Waals surface area contributed by atoms with E-state index in [1.807, 2.05) is 78.9 Å². The Bertz CT molecular complexity index is 1170. The van der Waals surface area contributed by atoms with Crippen LogP contribution in [0.2, 0.25) is 0 Å². The first-order valence-corrected chi connectivity index (χ1v) is 10.9. The summed E-state index contributed by atoms with van der Waals surface area (Å²) in [6.45, 7) is 0. The van der Waals surface area contributed by atoms with Crippen molar-refractivity contribution in [1.82, 2.24) is 0 Å². The lowest BCUT2D eigenvalue weighted by atomic mass is 9.75. The van der Waals surface area contributed by atoms with Gasteiger partial charge in [0.1, 0.15) is 11.3 Å². The lowest BCUT2D eigenvalue weighted by Crippen LogP contribution is -2.53. The number of anilines is 1. The monoisotopic (exact) mass is 469 g/mol. The van der Waals surface area contributed by atoms with Gasteiger partial charge in [-0.1, -0.05) is 107 Å². The summed E-state index contributed by atoms with van der Waals surface area (Å²) in [5.74, 6) is 0.697. The Morgan fingerprint density at radius 2 is 1.29 bits per heavy atom. The summed E-state index contributed by atoms with van der Waals surface area (Å²) in [4.78, 5) is 14.4. The average molecular weight is 470 g/mol. The number of carbonyl (C=O) groups is 1. The molecule has 1 aliphatic heterocycles. The highest BCUT2D eigenvalue weighted by Gasteiger charge is 2.50. The third kappa shape index (κ3) is 3.06. The van der Waals surface area contributed by atoms with Gasteiger partial charge in [-0.05, 0) is 29.3 Å². The number of ether oxygens (including phenoxy) is 1.